The van der Waals surface area contributed by atoms with E-state index in [-0.39, 0.29) is 25.8 Å². The average Bonchev–Trinajstić information content (AvgIpc) is 3.31. The van der Waals surface area contributed by atoms with Crippen molar-refractivity contribution in [3.8, 4) is 0 Å². The SMILES string of the molecule is CCCCCCCCCC/C=C\CCCCCCCCCCCCOCC(COP(=O)([O-])OCC[N+](C)(C)C)OC(=O)CCCCCCCCCCCCCCCCCCCCCCCCCCC. The minimum Gasteiger partial charge on any atom is -0.756 e. The van der Waals surface area contributed by atoms with Gasteiger partial charge in [-0.2, -0.15) is 0 Å². The topological polar surface area (TPSA) is 94.1 Å². The number of phosphoric acid groups is 1. The Morgan fingerprint density at radius 1 is 0.435 bits per heavy atom. The van der Waals surface area contributed by atoms with Gasteiger partial charge in [0.2, 0.25) is 0 Å². The number of carbonyl (C=O) groups is 1. The Morgan fingerprint density at radius 2 is 0.754 bits per heavy atom. The molecule has 0 heterocycles. The first-order valence-electron chi connectivity index (χ1n) is 30.4. The molecule has 0 aliphatic carbocycles. The summed E-state index contributed by atoms with van der Waals surface area (Å²) < 4.78 is 34.9. The Kier molecular flexibility index (Phi) is 52.9. The van der Waals surface area contributed by atoms with Crippen LogP contribution in [0.4, 0.5) is 0 Å². The smallest absolute Gasteiger partial charge is 0.306 e. The molecule has 9 heteroatoms. The van der Waals surface area contributed by atoms with Gasteiger partial charge in [-0.1, -0.05) is 276 Å². The van der Waals surface area contributed by atoms with E-state index in [4.69, 9.17) is 18.5 Å². The summed E-state index contributed by atoms with van der Waals surface area (Å²) in [5, 5.41) is 0. The van der Waals surface area contributed by atoms with E-state index in [1.165, 1.54) is 257 Å². The summed E-state index contributed by atoms with van der Waals surface area (Å²) in [6.07, 6.45) is 64.1. The second-order valence-corrected chi connectivity index (χ2v) is 23.5. The summed E-state index contributed by atoms with van der Waals surface area (Å²) in [5.74, 6) is -0.325. The van der Waals surface area contributed by atoms with Gasteiger partial charge in [-0.3, -0.25) is 9.36 Å². The molecule has 0 aromatic carbocycles. The normalized spacial score (nSPS) is 13.4. The molecule has 0 aliphatic heterocycles. The third-order valence-electron chi connectivity index (χ3n) is 13.8. The lowest BCUT2D eigenvalue weighted by Crippen LogP contribution is -2.37. The fourth-order valence-electron chi connectivity index (χ4n) is 9.13. The molecule has 0 aliphatic rings. The molecule has 0 fully saturated rings. The zero-order valence-electron chi connectivity index (χ0n) is 47.0. The largest absolute Gasteiger partial charge is 0.756 e. The number of unbranched alkanes of at least 4 members (excludes halogenated alkanes) is 42. The third-order valence-corrected chi connectivity index (χ3v) is 14.8. The molecule has 69 heavy (non-hydrogen) atoms. The molecule has 0 spiro atoms. The zero-order chi connectivity index (χ0) is 50.5. The van der Waals surface area contributed by atoms with E-state index < -0.39 is 13.9 Å². The van der Waals surface area contributed by atoms with E-state index >= 15 is 0 Å². The first kappa shape index (κ1) is 68.2. The van der Waals surface area contributed by atoms with Gasteiger partial charge in [-0.15, -0.1) is 0 Å². The predicted molar refractivity (Wildman–Crippen MR) is 296 cm³/mol. The minimum atomic E-state index is -4.53. The number of carbonyl (C=O) groups excluding carboxylic acids is 1. The molecule has 0 saturated carbocycles. The summed E-state index contributed by atoms with van der Waals surface area (Å²) >= 11 is 0. The van der Waals surface area contributed by atoms with Crippen LogP contribution >= 0.6 is 7.82 Å². The molecule has 0 rings (SSSR count). The van der Waals surface area contributed by atoms with Crippen molar-refractivity contribution in [1.29, 1.82) is 0 Å². The van der Waals surface area contributed by atoms with Gasteiger partial charge >= 0.3 is 5.97 Å². The van der Waals surface area contributed by atoms with Crippen molar-refractivity contribution in [3.05, 3.63) is 12.2 Å². The maximum Gasteiger partial charge on any atom is 0.306 e. The van der Waals surface area contributed by atoms with E-state index in [0.717, 1.165) is 32.1 Å². The minimum absolute atomic E-state index is 0.0299. The van der Waals surface area contributed by atoms with Crippen LogP contribution in [0.3, 0.4) is 0 Å². The van der Waals surface area contributed by atoms with Gasteiger partial charge in [-0.05, 0) is 38.5 Å². The average molecular weight is 999 g/mol. The highest BCUT2D eigenvalue weighted by Crippen LogP contribution is 2.38. The zero-order valence-corrected chi connectivity index (χ0v) is 47.9. The molecule has 0 N–H and O–H groups in total. The number of allylic oxidation sites excluding steroid dienone is 2. The van der Waals surface area contributed by atoms with Crippen LogP contribution in [0.2, 0.25) is 0 Å². The van der Waals surface area contributed by atoms with Crippen molar-refractivity contribution in [3.63, 3.8) is 0 Å². The summed E-state index contributed by atoms with van der Waals surface area (Å²) in [7, 11) is 1.38. The van der Waals surface area contributed by atoms with Gasteiger partial charge in [-0.25, -0.2) is 0 Å². The van der Waals surface area contributed by atoms with E-state index in [1.807, 2.05) is 21.1 Å². The molecule has 0 radical (unpaired) electrons. The second kappa shape index (κ2) is 53.5. The molecular formula is C60H120NO7P. The van der Waals surface area contributed by atoms with E-state index in [0.29, 0.717) is 24.1 Å². The fraction of sp³-hybridized carbons (Fsp3) is 0.950. The number of quaternary nitrogens is 1. The van der Waals surface area contributed by atoms with Gasteiger partial charge in [0.05, 0.1) is 34.4 Å². The molecule has 0 bridgehead atoms. The van der Waals surface area contributed by atoms with E-state index in [9.17, 15) is 14.3 Å². The summed E-state index contributed by atoms with van der Waals surface area (Å²) in [5.41, 5.74) is 0. The van der Waals surface area contributed by atoms with Gasteiger partial charge in [0.25, 0.3) is 7.82 Å². The molecule has 2 atom stereocenters. The summed E-state index contributed by atoms with van der Waals surface area (Å²) in [4.78, 5) is 25.3. The summed E-state index contributed by atoms with van der Waals surface area (Å²) in [6.45, 7) is 5.49. The highest BCUT2D eigenvalue weighted by Gasteiger charge is 2.20. The number of hydrogen-bond acceptors (Lipinski definition) is 7. The molecule has 0 aromatic heterocycles. The Hall–Kier alpha value is -0.760. The lowest BCUT2D eigenvalue weighted by molar-refractivity contribution is -0.870. The quantitative estimate of drug-likeness (QED) is 0.0197. The van der Waals surface area contributed by atoms with Gasteiger partial charge in [0, 0.05) is 13.0 Å². The van der Waals surface area contributed by atoms with Crippen LogP contribution in [0.5, 0.6) is 0 Å². The predicted octanol–water partition coefficient (Wildman–Crippen LogP) is 18.7. The molecule has 8 nitrogen and oxygen atoms in total. The van der Waals surface area contributed by atoms with Crippen molar-refractivity contribution in [2.24, 2.45) is 0 Å². The molecular weight excluding hydrogens is 878 g/mol. The number of esters is 1. The van der Waals surface area contributed by atoms with Crippen molar-refractivity contribution >= 4 is 13.8 Å². The van der Waals surface area contributed by atoms with E-state index in [1.54, 1.807) is 0 Å². The lowest BCUT2D eigenvalue weighted by atomic mass is 10.0. The van der Waals surface area contributed by atoms with Crippen LogP contribution in [0.25, 0.3) is 0 Å². The number of hydrogen-bond donors (Lipinski definition) is 0. The Morgan fingerprint density at radius 3 is 1.10 bits per heavy atom. The Labute approximate surface area is 431 Å². The Bertz CT molecular complexity index is 1110. The number of rotatable bonds is 58. The first-order chi connectivity index (χ1) is 33.6. The molecule has 0 amide bonds. The van der Waals surface area contributed by atoms with Crippen LogP contribution < -0.4 is 4.89 Å². The lowest BCUT2D eigenvalue weighted by Gasteiger charge is -2.28. The van der Waals surface area contributed by atoms with Gasteiger partial charge < -0.3 is 27.9 Å². The first-order valence-corrected chi connectivity index (χ1v) is 31.9. The maximum absolute atomic E-state index is 12.8. The number of ether oxygens (including phenoxy) is 2. The van der Waals surface area contributed by atoms with Gasteiger partial charge in [0.1, 0.15) is 19.3 Å². The van der Waals surface area contributed by atoms with Crippen molar-refractivity contribution in [1.82, 2.24) is 0 Å². The van der Waals surface area contributed by atoms with E-state index in [2.05, 4.69) is 26.0 Å². The molecule has 412 valence electrons. The van der Waals surface area contributed by atoms with Crippen LogP contribution in [0.1, 0.15) is 309 Å². The second-order valence-electron chi connectivity index (χ2n) is 22.1. The maximum atomic E-state index is 12.8. The fourth-order valence-corrected chi connectivity index (χ4v) is 9.86. The van der Waals surface area contributed by atoms with Crippen molar-refractivity contribution < 1.29 is 37.3 Å². The van der Waals surface area contributed by atoms with Crippen LogP contribution in [-0.2, 0) is 27.9 Å². The highest BCUT2D eigenvalue weighted by molar-refractivity contribution is 7.45. The van der Waals surface area contributed by atoms with Gasteiger partial charge in [0.15, 0.2) is 0 Å². The van der Waals surface area contributed by atoms with Crippen molar-refractivity contribution in [2.75, 3.05) is 54.1 Å². The summed E-state index contributed by atoms with van der Waals surface area (Å²) in [6, 6.07) is 0. The monoisotopic (exact) mass is 998 g/mol. The molecule has 2 unspecified atom stereocenters. The van der Waals surface area contributed by atoms with Crippen LogP contribution in [0, 0.1) is 0 Å². The standard InChI is InChI=1S/C60H120NO7P/c1-6-8-10-12-14-16-18-20-22-24-26-28-30-31-32-33-35-37-39-41-43-45-47-49-51-53-60(62)68-59(58-67-69(63,64)66-56-54-61(3,4)5)57-65-55-52-50-48-46-44-42-40-38-36-34-29-27-25-23-21-19-17-15-13-11-9-7-2/h25,27,59H,6-24,26,28-58H2,1-5H3/b27-25-. The molecule has 0 aromatic rings. The van der Waals surface area contributed by atoms with Crippen LogP contribution in [-0.4, -0.2) is 70.7 Å². The molecule has 0 saturated heterocycles. The number of nitrogens with zero attached hydrogens (tertiary/aromatic N) is 1. The van der Waals surface area contributed by atoms with Crippen molar-refractivity contribution in [2.45, 2.75) is 315 Å². The number of likely N-dealkylation sites (N-methyl/N-ethyl adjacent to an activating group) is 1. The third kappa shape index (κ3) is 58.0. The number of phosphoric ester groups is 1. The Balaban J connectivity index is 3.99. The highest BCUT2D eigenvalue weighted by atomic mass is 31.2. The van der Waals surface area contributed by atoms with Crippen LogP contribution in [0.15, 0.2) is 12.2 Å².